The van der Waals surface area contributed by atoms with E-state index in [9.17, 15) is 18.0 Å². The van der Waals surface area contributed by atoms with Gasteiger partial charge in [0.25, 0.3) is 11.8 Å². The molecule has 1 aliphatic heterocycles. The fourth-order valence-electron chi connectivity index (χ4n) is 3.43. The van der Waals surface area contributed by atoms with E-state index in [4.69, 9.17) is 9.47 Å². The van der Waals surface area contributed by atoms with Gasteiger partial charge in [-0.2, -0.15) is 13.5 Å². The summed E-state index contributed by atoms with van der Waals surface area (Å²) in [6, 6.07) is 0. The summed E-state index contributed by atoms with van der Waals surface area (Å²) >= 11 is 0. The van der Waals surface area contributed by atoms with Crippen LogP contribution in [-0.2, 0) is 49.2 Å². The zero-order valence-corrected chi connectivity index (χ0v) is 18.1. The Kier molecular flexibility index (Phi) is 6.73. The quantitative estimate of drug-likeness (QED) is 0.521. The van der Waals surface area contributed by atoms with Crippen LogP contribution < -0.4 is 5.43 Å². The number of methoxy groups -OCH3 is 2. The number of imidazole rings is 1. The molecule has 0 unspecified atom stereocenters. The van der Waals surface area contributed by atoms with Crippen molar-refractivity contribution in [1.29, 1.82) is 0 Å². The summed E-state index contributed by atoms with van der Waals surface area (Å²) in [6.07, 6.45) is 3.86. The Hall–Kier alpha value is -2.51. The third kappa shape index (κ3) is 4.04. The number of hydrogen-bond donors (Lipinski definition) is 1. The molecule has 1 aliphatic carbocycles. The number of amides is 2. The van der Waals surface area contributed by atoms with Gasteiger partial charge in [0, 0.05) is 27.0 Å². The van der Waals surface area contributed by atoms with Crippen molar-refractivity contribution in [3.63, 3.8) is 0 Å². The highest BCUT2D eigenvalue weighted by atomic mass is 32.2. The molecule has 12 nitrogen and oxygen atoms in total. The summed E-state index contributed by atoms with van der Waals surface area (Å²) < 4.78 is 38.3. The molecule has 2 amide bonds. The van der Waals surface area contributed by atoms with Crippen molar-refractivity contribution < 1.29 is 27.5 Å². The number of ether oxygens (including phenoxy) is 2. The number of aromatic nitrogens is 2. The van der Waals surface area contributed by atoms with Gasteiger partial charge in [-0.3, -0.25) is 9.59 Å². The molecule has 0 radical (unpaired) electrons. The maximum absolute atomic E-state index is 12.8. The van der Waals surface area contributed by atoms with E-state index in [0.29, 0.717) is 14.6 Å². The van der Waals surface area contributed by atoms with Crippen molar-refractivity contribution in [2.45, 2.75) is 25.7 Å². The SMILES string of the molecule is COCCN1C(=O)C(=NNc2nc3c(n2C)CCCC3)C(=O)N(CCOC)S1(=O)=O. The maximum Gasteiger partial charge on any atom is 0.331 e. The van der Waals surface area contributed by atoms with Crippen molar-refractivity contribution in [1.82, 2.24) is 18.2 Å². The lowest BCUT2D eigenvalue weighted by molar-refractivity contribution is -0.127. The first-order chi connectivity index (χ1) is 14.3. The number of anilines is 1. The molecule has 1 saturated heterocycles. The summed E-state index contributed by atoms with van der Waals surface area (Å²) in [6.45, 7) is -0.539. The van der Waals surface area contributed by atoms with Gasteiger partial charge in [0.1, 0.15) is 0 Å². The second-order valence-electron chi connectivity index (χ2n) is 6.92. The zero-order valence-electron chi connectivity index (χ0n) is 17.3. The Morgan fingerprint density at radius 3 is 2.13 bits per heavy atom. The van der Waals surface area contributed by atoms with Gasteiger partial charge in [0.15, 0.2) is 0 Å². The van der Waals surface area contributed by atoms with Crippen molar-refractivity contribution in [2.24, 2.45) is 12.1 Å². The van der Waals surface area contributed by atoms with E-state index in [0.717, 1.165) is 37.1 Å². The van der Waals surface area contributed by atoms with E-state index in [2.05, 4.69) is 15.5 Å². The predicted octanol–water partition coefficient (Wildman–Crippen LogP) is -0.725. The minimum Gasteiger partial charge on any atom is -0.383 e. The van der Waals surface area contributed by atoms with Crippen LogP contribution >= 0.6 is 0 Å². The summed E-state index contributed by atoms with van der Waals surface area (Å²) in [5.41, 5.74) is 4.16. The van der Waals surface area contributed by atoms with E-state index in [-0.39, 0.29) is 26.3 Å². The van der Waals surface area contributed by atoms with Crippen LogP contribution in [-0.4, -0.2) is 84.6 Å². The van der Waals surface area contributed by atoms with Crippen LogP contribution in [0.15, 0.2) is 5.10 Å². The van der Waals surface area contributed by atoms with E-state index >= 15 is 0 Å². The molecule has 0 saturated carbocycles. The number of carbonyl (C=O) groups is 2. The Balaban J connectivity index is 1.92. The molecule has 2 aliphatic rings. The lowest BCUT2D eigenvalue weighted by Crippen LogP contribution is -2.61. The number of nitrogens with zero attached hydrogens (tertiary/aromatic N) is 5. The molecule has 13 heteroatoms. The Labute approximate surface area is 175 Å². The first kappa shape index (κ1) is 22.2. The average molecular weight is 442 g/mol. The first-order valence-corrected chi connectivity index (χ1v) is 11.0. The largest absolute Gasteiger partial charge is 0.383 e. The zero-order chi connectivity index (χ0) is 21.9. The lowest BCUT2D eigenvalue weighted by atomic mass is 10.0. The number of aryl methyl sites for hydroxylation is 1. The van der Waals surface area contributed by atoms with Gasteiger partial charge in [-0.05, 0) is 25.7 Å². The molecule has 166 valence electrons. The first-order valence-electron chi connectivity index (χ1n) is 9.58. The molecular weight excluding hydrogens is 416 g/mol. The highest BCUT2D eigenvalue weighted by Gasteiger charge is 2.47. The monoisotopic (exact) mass is 442 g/mol. The minimum absolute atomic E-state index is 0.0237. The Morgan fingerprint density at radius 1 is 1.03 bits per heavy atom. The molecule has 3 rings (SSSR count). The second-order valence-corrected chi connectivity index (χ2v) is 8.69. The number of carbonyl (C=O) groups excluding carboxylic acids is 2. The number of hydrazone groups is 1. The summed E-state index contributed by atoms with van der Waals surface area (Å²) in [5, 5.41) is 3.96. The van der Waals surface area contributed by atoms with Gasteiger partial charge >= 0.3 is 10.2 Å². The predicted molar refractivity (Wildman–Crippen MR) is 107 cm³/mol. The number of rotatable bonds is 8. The fourth-order valence-corrected chi connectivity index (χ4v) is 4.87. The lowest BCUT2D eigenvalue weighted by Gasteiger charge is -2.34. The summed E-state index contributed by atoms with van der Waals surface area (Å²) in [7, 11) is 0.235. The summed E-state index contributed by atoms with van der Waals surface area (Å²) in [5.74, 6) is -1.65. The average Bonchev–Trinajstić information content (AvgIpc) is 3.03. The summed E-state index contributed by atoms with van der Waals surface area (Å²) in [4.78, 5) is 30.1. The number of hydrogen-bond acceptors (Lipinski definition) is 9. The topological polar surface area (TPSA) is 135 Å². The minimum atomic E-state index is -4.36. The number of nitrogens with one attached hydrogen (secondary N) is 1. The smallest absolute Gasteiger partial charge is 0.331 e. The van der Waals surface area contributed by atoms with Gasteiger partial charge in [-0.1, -0.05) is 0 Å². The number of fused-ring (bicyclic) bond motifs is 1. The van der Waals surface area contributed by atoms with E-state index in [1.165, 1.54) is 14.2 Å². The highest BCUT2D eigenvalue weighted by Crippen LogP contribution is 2.24. The van der Waals surface area contributed by atoms with Crippen LogP contribution in [0.25, 0.3) is 0 Å². The standard InChI is InChI=1S/C17H26N6O6S/c1-21-13-7-5-4-6-12(13)18-17(21)20-19-14-15(24)22(8-10-28-2)30(26,27)23(16(14)25)9-11-29-3/h4-11H2,1-3H3,(H,18,20). The van der Waals surface area contributed by atoms with Gasteiger partial charge in [0.05, 0.1) is 32.0 Å². The van der Waals surface area contributed by atoms with Crippen LogP contribution in [0.2, 0.25) is 0 Å². The van der Waals surface area contributed by atoms with Gasteiger partial charge < -0.3 is 14.0 Å². The molecule has 1 fully saturated rings. The van der Waals surface area contributed by atoms with Crippen LogP contribution in [0.1, 0.15) is 24.2 Å². The molecule has 30 heavy (non-hydrogen) atoms. The third-order valence-electron chi connectivity index (χ3n) is 5.05. The molecule has 0 atom stereocenters. The van der Waals surface area contributed by atoms with Crippen molar-refractivity contribution >= 4 is 33.7 Å². The van der Waals surface area contributed by atoms with Crippen LogP contribution in [0.5, 0.6) is 0 Å². The van der Waals surface area contributed by atoms with Crippen LogP contribution in [0, 0.1) is 0 Å². The molecule has 1 N–H and O–H groups in total. The molecule has 0 bridgehead atoms. The van der Waals surface area contributed by atoms with E-state index < -0.39 is 27.7 Å². The Morgan fingerprint density at radius 2 is 1.60 bits per heavy atom. The van der Waals surface area contributed by atoms with Crippen LogP contribution in [0.3, 0.4) is 0 Å². The normalized spacial score (nSPS) is 18.6. The van der Waals surface area contributed by atoms with Gasteiger partial charge in [-0.15, -0.1) is 0 Å². The van der Waals surface area contributed by atoms with Gasteiger partial charge in [0.2, 0.25) is 11.7 Å². The Bertz CT molecular complexity index is 920. The van der Waals surface area contributed by atoms with Crippen molar-refractivity contribution in [2.75, 3.05) is 45.9 Å². The second kappa shape index (κ2) is 9.10. The van der Waals surface area contributed by atoms with E-state index in [1.807, 2.05) is 11.6 Å². The van der Waals surface area contributed by atoms with Crippen molar-refractivity contribution in [3.05, 3.63) is 11.4 Å². The highest BCUT2D eigenvalue weighted by molar-refractivity contribution is 7.88. The maximum atomic E-state index is 12.8. The molecule has 0 spiro atoms. The van der Waals surface area contributed by atoms with E-state index in [1.54, 1.807) is 0 Å². The molecule has 0 aromatic carbocycles. The molecular formula is C17H26N6O6S. The third-order valence-corrected chi connectivity index (χ3v) is 6.86. The fraction of sp³-hybridized carbons (Fsp3) is 0.647. The molecule has 1 aromatic rings. The molecule has 2 heterocycles. The van der Waals surface area contributed by atoms with Crippen LogP contribution in [0.4, 0.5) is 5.95 Å². The molecule has 1 aromatic heterocycles. The van der Waals surface area contributed by atoms with Gasteiger partial charge in [-0.25, -0.2) is 19.0 Å². The van der Waals surface area contributed by atoms with Crippen molar-refractivity contribution in [3.8, 4) is 0 Å².